The van der Waals surface area contributed by atoms with Crippen LogP contribution in [0.1, 0.15) is 26.2 Å². The molecule has 84 valence electrons. The lowest BCUT2D eigenvalue weighted by molar-refractivity contribution is -0.119. The lowest BCUT2D eigenvalue weighted by Gasteiger charge is -2.01. The standard InChI is InChI=1S/C9H18O4S/c1-3-14(11,12)8-4-5-9(10)6-7-13-2/h3-8H2,1-2H3. The summed E-state index contributed by atoms with van der Waals surface area (Å²) in [6, 6.07) is 0. The summed E-state index contributed by atoms with van der Waals surface area (Å²) in [6.07, 6.45) is 1.14. The summed E-state index contributed by atoms with van der Waals surface area (Å²) in [5.74, 6) is 0.333. The zero-order chi connectivity index (χ0) is 11.0. The van der Waals surface area contributed by atoms with Gasteiger partial charge in [0.25, 0.3) is 0 Å². The first-order valence-corrected chi connectivity index (χ1v) is 6.55. The number of ketones is 1. The molecule has 0 unspecified atom stereocenters. The van der Waals surface area contributed by atoms with Crippen LogP contribution in [0.4, 0.5) is 0 Å². The van der Waals surface area contributed by atoms with Gasteiger partial charge in [0.05, 0.1) is 12.4 Å². The number of methoxy groups -OCH3 is 1. The Morgan fingerprint density at radius 3 is 2.43 bits per heavy atom. The molecule has 0 aliphatic carbocycles. The minimum Gasteiger partial charge on any atom is -0.384 e. The molecule has 0 radical (unpaired) electrons. The first-order chi connectivity index (χ1) is 6.52. The highest BCUT2D eigenvalue weighted by atomic mass is 32.2. The van der Waals surface area contributed by atoms with E-state index < -0.39 is 9.84 Å². The lowest BCUT2D eigenvalue weighted by Crippen LogP contribution is -2.11. The van der Waals surface area contributed by atoms with Crippen LogP contribution in [0.15, 0.2) is 0 Å². The molecule has 0 amide bonds. The van der Waals surface area contributed by atoms with Crippen LogP contribution in [0.25, 0.3) is 0 Å². The third-order valence-corrected chi connectivity index (χ3v) is 3.73. The highest BCUT2D eigenvalue weighted by molar-refractivity contribution is 7.91. The summed E-state index contributed by atoms with van der Waals surface area (Å²) < 4.78 is 26.9. The van der Waals surface area contributed by atoms with Crippen LogP contribution in [0.2, 0.25) is 0 Å². The van der Waals surface area contributed by atoms with E-state index in [0.717, 1.165) is 0 Å². The van der Waals surface area contributed by atoms with Gasteiger partial charge < -0.3 is 4.74 Å². The van der Waals surface area contributed by atoms with E-state index in [4.69, 9.17) is 4.74 Å². The van der Waals surface area contributed by atoms with Gasteiger partial charge >= 0.3 is 0 Å². The monoisotopic (exact) mass is 222 g/mol. The SMILES string of the molecule is CCS(=O)(=O)CCCC(=O)CCOC. The third kappa shape index (κ3) is 7.03. The minimum atomic E-state index is -2.92. The Kier molecular flexibility index (Phi) is 6.74. The number of hydrogen-bond acceptors (Lipinski definition) is 4. The number of rotatable bonds is 8. The van der Waals surface area contributed by atoms with E-state index in [0.29, 0.717) is 25.9 Å². The first kappa shape index (κ1) is 13.6. The van der Waals surface area contributed by atoms with Gasteiger partial charge in [-0.2, -0.15) is 0 Å². The Balaban J connectivity index is 3.59. The maximum Gasteiger partial charge on any atom is 0.150 e. The smallest absolute Gasteiger partial charge is 0.150 e. The molecule has 0 bridgehead atoms. The van der Waals surface area contributed by atoms with Gasteiger partial charge in [0.15, 0.2) is 0 Å². The van der Waals surface area contributed by atoms with E-state index in [1.54, 1.807) is 6.92 Å². The van der Waals surface area contributed by atoms with Crippen molar-refractivity contribution in [3.8, 4) is 0 Å². The fraction of sp³-hybridized carbons (Fsp3) is 0.889. The average molecular weight is 222 g/mol. The number of carbonyl (C=O) groups excluding carboxylic acids is 1. The number of hydrogen-bond donors (Lipinski definition) is 0. The van der Waals surface area contributed by atoms with Crippen LogP contribution in [-0.2, 0) is 19.4 Å². The van der Waals surface area contributed by atoms with Gasteiger partial charge in [0, 0.05) is 25.7 Å². The molecule has 5 heteroatoms. The number of ether oxygens (including phenoxy) is 1. The second kappa shape index (κ2) is 6.95. The molecule has 0 aliphatic heterocycles. The second-order valence-electron chi connectivity index (χ2n) is 3.12. The van der Waals surface area contributed by atoms with Gasteiger partial charge in [-0.1, -0.05) is 6.92 Å². The van der Waals surface area contributed by atoms with E-state index in [-0.39, 0.29) is 17.3 Å². The van der Waals surface area contributed by atoms with Crippen molar-refractivity contribution >= 4 is 15.6 Å². The molecule has 4 nitrogen and oxygen atoms in total. The van der Waals surface area contributed by atoms with E-state index >= 15 is 0 Å². The van der Waals surface area contributed by atoms with Crippen LogP contribution >= 0.6 is 0 Å². The van der Waals surface area contributed by atoms with Crippen LogP contribution in [0.3, 0.4) is 0 Å². The normalized spacial score (nSPS) is 11.6. The molecular formula is C9H18O4S. The van der Waals surface area contributed by atoms with Crippen molar-refractivity contribution in [1.29, 1.82) is 0 Å². The molecule has 0 saturated carbocycles. The predicted molar refractivity (Wildman–Crippen MR) is 55.1 cm³/mol. The summed E-state index contributed by atoms with van der Waals surface area (Å²) in [7, 11) is -1.38. The van der Waals surface area contributed by atoms with Gasteiger partial charge in [-0.15, -0.1) is 0 Å². The molecule has 0 rings (SSSR count). The zero-order valence-corrected chi connectivity index (χ0v) is 9.60. The molecule has 0 fully saturated rings. The lowest BCUT2D eigenvalue weighted by atomic mass is 10.2. The number of Topliss-reactive ketones (excluding diaryl/α,β-unsaturated/α-hetero) is 1. The molecule has 0 N–H and O–H groups in total. The number of carbonyl (C=O) groups is 1. The van der Waals surface area contributed by atoms with E-state index in [2.05, 4.69) is 0 Å². The van der Waals surface area contributed by atoms with E-state index in [9.17, 15) is 13.2 Å². The van der Waals surface area contributed by atoms with Crippen LogP contribution in [0.5, 0.6) is 0 Å². The quantitative estimate of drug-likeness (QED) is 0.609. The Labute approximate surface area is 85.6 Å². The summed E-state index contributed by atoms with van der Waals surface area (Å²) in [4.78, 5) is 11.1. The first-order valence-electron chi connectivity index (χ1n) is 4.73. The molecule has 0 aromatic heterocycles. The second-order valence-corrected chi connectivity index (χ2v) is 5.59. The van der Waals surface area contributed by atoms with Gasteiger partial charge in [0.1, 0.15) is 15.6 Å². The zero-order valence-electron chi connectivity index (χ0n) is 8.78. The molecule has 0 saturated heterocycles. The summed E-state index contributed by atoms with van der Waals surface area (Å²) in [6.45, 7) is 2.03. The molecular weight excluding hydrogens is 204 g/mol. The highest BCUT2D eigenvalue weighted by Crippen LogP contribution is 2.00. The Morgan fingerprint density at radius 2 is 1.93 bits per heavy atom. The Bertz CT molecular complexity index is 256. The fourth-order valence-electron chi connectivity index (χ4n) is 0.974. The predicted octanol–water partition coefficient (Wildman–Crippen LogP) is 0.807. The molecule has 0 aromatic carbocycles. The van der Waals surface area contributed by atoms with Crippen LogP contribution < -0.4 is 0 Å². The molecule has 0 aromatic rings. The van der Waals surface area contributed by atoms with Gasteiger partial charge in [-0.05, 0) is 6.42 Å². The van der Waals surface area contributed by atoms with Gasteiger partial charge in [0.2, 0.25) is 0 Å². The number of sulfone groups is 1. The molecule has 0 heterocycles. The maximum absolute atomic E-state index is 11.1. The molecule has 14 heavy (non-hydrogen) atoms. The summed E-state index contributed by atoms with van der Waals surface area (Å²) in [5, 5.41) is 0. The molecule has 0 aliphatic rings. The summed E-state index contributed by atoms with van der Waals surface area (Å²) in [5.41, 5.74) is 0. The fourth-order valence-corrected chi connectivity index (χ4v) is 1.85. The highest BCUT2D eigenvalue weighted by Gasteiger charge is 2.08. The van der Waals surface area contributed by atoms with Crippen molar-refractivity contribution in [2.75, 3.05) is 25.2 Å². The van der Waals surface area contributed by atoms with Gasteiger partial charge in [-0.25, -0.2) is 8.42 Å². The van der Waals surface area contributed by atoms with Crippen LogP contribution in [-0.4, -0.2) is 39.4 Å². The van der Waals surface area contributed by atoms with Crippen molar-refractivity contribution in [3.63, 3.8) is 0 Å². The van der Waals surface area contributed by atoms with Crippen LogP contribution in [0, 0.1) is 0 Å². The molecule has 0 spiro atoms. The van der Waals surface area contributed by atoms with E-state index in [1.807, 2.05) is 0 Å². The van der Waals surface area contributed by atoms with Crippen molar-refractivity contribution in [1.82, 2.24) is 0 Å². The minimum absolute atomic E-state index is 0.0677. The van der Waals surface area contributed by atoms with Crippen molar-refractivity contribution in [2.24, 2.45) is 0 Å². The average Bonchev–Trinajstić information content (AvgIpc) is 2.14. The van der Waals surface area contributed by atoms with Crippen molar-refractivity contribution in [3.05, 3.63) is 0 Å². The van der Waals surface area contributed by atoms with Crippen molar-refractivity contribution < 1.29 is 17.9 Å². The van der Waals surface area contributed by atoms with E-state index in [1.165, 1.54) is 7.11 Å². The maximum atomic E-state index is 11.1. The van der Waals surface area contributed by atoms with Crippen molar-refractivity contribution in [2.45, 2.75) is 26.2 Å². The van der Waals surface area contributed by atoms with Gasteiger partial charge in [-0.3, -0.25) is 4.79 Å². The Hall–Kier alpha value is -0.420. The Morgan fingerprint density at radius 1 is 1.29 bits per heavy atom. The third-order valence-electron chi connectivity index (χ3n) is 1.94. The largest absolute Gasteiger partial charge is 0.384 e. The topological polar surface area (TPSA) is 60.4 Å². The molecule has 0 atom stereocenters. The summed E-state index contributed by atoms with van der Waals surface area (Å²) >= 11 is 0.